The van der Waals surface area contributed by atoms with Gasteiger partial charge in [0, 0.05) is 55.8 Å². The maximum Gasteiger partial charge on any atom is 0.321 e. The Morgan fingerprint density at radius 2 is 1.81 bits per heavy atom. The molecule has 0 spiro atoms. The van der Waals surface area contributed by atoms with Gasteiger partial charge in [-0.25, -0.2) is 9.78 Å². The Labute approximate surface area is 160 Å². The lowest BCUT2D eigenvalue weighted by molar-refractivity contribution is 0.0818. The standard InChI is InChI=1S/C21H28N4O2/c1-16-15-22-20(17-9-13-27-14-10-17)25(16)19-7-11-24(12-8-19)21(26)23-18-5-3-2-4-6-18/h2-6,15,17,19H,7-14H2,1H3,(H,23,26). The summed E-state index contributed by atoms with van der Waals surface area (Å²) >= 11 is 0. The van der Waals surface area contributed by atoms with Crippen LogP contribution in [0.25, 0.3) is 0 Å². The summed E-state index contributed by atoms with van der Waals surface area (Å²) in [5.41, 5.74) is 2.07. The van der Waals surface area contributed by atoms with E-state index in [1.165, 1.54) is 11.5 Å². The third-order valence-electron chi connectivity index (χ3n) is 5.74. The maximum atomic E-state index is 12.5. The van der Waals surface area contributed by atoms with Crippen LogP contribution in [0.15, 0.2) is 36.5 Å². The second kappa shape index (κ2) is 8.13. The molecule has 0 aliphatic carbocycles. The Kier molecular flexibility index (Phi) is 5.43. The minimum absolute atomic E-state index is 0.00773. The fourth-order valence-electron chi connectivity index (χ4n) is 4.25. The van der Waals surface area contributed by atoms with Gasteiger partial charge in [0.1, 0.15) is 5.82 Å². The van der Waals surface area contributed by atoms with Crippen LogP contribution >= 0.6 is 0 Å². The van der Waals surface area contributed by atoms with Gasteiger partial charge in [-0.2, -0.15) is 0 Å². The molecule has 2 fully saturated rings. The number of hydrogen-bond acceptors (Lipinski definition) is 3. The molecule has 1 N–H and O–H groups in total. The van der Waals surface area contributed by atoms with Crippen LogP contribution in [-0.2, 0) is 4.74 Å². The van der Waals surface area contributed by atoms with Crippen LogP contribution < -0.4 is 5.32 Å². The van der Waals surface area contributed by atoms with E-state index in [1.807, 2.05) is 41.4 Å². The average Bonchev–Trinajstić information content (AvgIpc) is 3.11. The van der Waals surface area contributed by atoms with Crippen molar-refractivity contribution in [1.29, 1.82) is 0 Å². The van der Waals surface area contributed by atoms with Gasteiger partial charge < -0.3 is 19.5 Å². The van der Waals surface area contributed by atoms with Crippen molar-refractivity contribution in [3.63, 3.8) is 0 Å². The largest absolute Gasteiger partial charge is 0.381 e. The monoisotopic (exact) mass is 368 g/mol. The number of anilines is 1. The molecule has 27 heavy (non-hydrogen) atoms. The van der Waals surface area contributed by atoms with Crippen molar-refractivity contribution >= 4 is 11.7 Å². The van der Waals surface area contributed by atoms with Crippen LogP contribution in [0.4, 0.5) is 10.5 Å². The summed E-state index contributed by atoms with van der Waals surface area (Å²) in [4.78, 5) is 19.2. The zero-order valence-electron chi connectivity index (χ0n) is 15.9. The molecule has 1 aromatic carbocycles. The molecule has 1 aromatic heterocycles. The first kappa shape index (κ1) is 18.0. The molecule has 0 atom stereocenters. The number of ether oxygens (including phenoxy) is 1. The predicted octanol–water partition coefficient (Wildman–Crippen LogP) is 3.95. The lowest BCUT2D eigenvalue weighted by Crippen LogP contribution is -2.41. The van der Waals surface area contributed by atoms with Gasteiger partial charge in [-0.05, 0) is 44.7 Å². The Morgan fingerprint density at radius 3 is 2.52 bits per heavy atom. The fraction of sp³-hybridized carbons (Fsp3) is 0.524. The highest BCUT2D eigenvalue weighted by atomic mass is 16.5. The average molecular weight is 368 g/mol. The van der Waals surface area contributed by atoms with Crippen LogP contribution in [0.5, 0.6) is 0 Å². The predicted molar refractivity (Wildman–Crippen MR) is 105 cm³/mol. The first-order valence-electron chi connectivity index (χ1n) is 9.95. The molecule has 0 radical (unpaired) electrons. The molecule has 2 amide bonds. The third kappa shape index (κ3) is 4.00. The van der Waals surface area contributed by atoms with Crippen molar-refractivity contribution in [2.24, 2.45) is 0 Å². The number of likely N-dealkylation sites (tertiary alicyclic amines) is 1. The zero-order chi connectivity index (χ0) is 18.6. The quantitative estimate of drug-likeness (QED) is 0.892. The molecule has 6 heteroatoms. The van der Waals surface area contributed by atoms with Gasteiger partial charge in [0.2, 0.25) is 0 Å². The highest BCUT2D eigenvalue weighted by molar-refractivity contribution is 5.89. The molecule has 3 heterocycles. The highest BCUT2D eigenvalue weighted by Gasteiger charge is 2.29. The van der Waals surface area contributed by atoms with Crippen molar-refractivity contribution < 1.29 is 9.53 Å². The number of hydrogen-bond donors (Lipinski definition) is 1. The van der Waals surface area contributed by atoms with E-state index >= 15 is 0 Å². The van der Waals surface area contributed by atoms with Crippen LogP contribution in [-0.4, -0.2) is 46.8 Å². The molecule has 0 bridgehead atoms. The minimum atomic E-state index is -0.00773. The van der Waals surface area contributed by atoms with Crippen molar-refractivity contribution in [3.05, 3.63) is 48.0 Å². The lowest BCUT2D eigenvalue weighted by atomic mass is 9.97. The SMILES string of the molecule is Cc1cnc(C2CCOCC2)n1C1CCN(C(=O)Nc2ccccc2)CC1. The summed E-state index contributed by atoms with van der Waals surface area (Å²) in [5.74, 6) is 1.70. The van der Waals surface area contributed by atoms with Crippen molar-refractivity contribution in [1.82, 2.24) is 14.5 Å². The van der Waals surface area contributed by atoms with Gasteiger partial charge in [-0.1, -0.05) is 18.2 Å². The first-order chi connectivity index (χ1) is 13.2. The number of imidazole rings is 1. The van der Waals surface area contributed by atoms with E-state index < -0.39 is 0 Å². The van der Waals surface area contributed by atoms with Gasteiger partial charge in [-0.15, -0.1) is 0 Å². The molecule has 2 saturated heterocycles. The van der Waals surface area contributed by atoms with Crippen LogP contribution in [0.1, 0.15) is 49.2 Å². The number of para-hydroxylation sites is 1. The topological polar surface area (TPSA) is 59.4 Å². The number of benzene rings is 1. The lowest BCUT2D eigenvalue weighted by Gasteiger charge is -2.35. The fourth-order valence-corrected chi connectivity index (χ4v) is 4.25. The van der Waals surface area contributed by atoms with Crippen LogP contribution in [0.2, 0.25) is 0 Å². The van der Waals surface area contributed by atoms with Gasteiger partial charge in [0.25, 0.3) is 0 Å². The van der Waals surface area contributed by atoms with Crippen molar-refractivity contribution in [3.8, 4) is 0 Å². The number of aromatic nitrogens is 2. The summed E-state index contributed by atoms with van der Waals surface area (Å²) in [6, 6.07) is 10.1. The number of nitrogens with one attached hydrogen (secondary N) is 1. The number of carbonyl (C=O) groups is 1. The third-order valence-corrected chi connectivity index (χ3v) is 5.74. The van der Waals surface area contributed by atoms with E-state index in [0.717, 1.165) is 57.7 Å². The second-order valence-corrected chi connectivity index (χ2v) is 7.53. The molecule has 144 valence electrons. The van der Waals surface area contributed by atoms with Gasteiger partial charge in [-0.3, -0.25) is 0 Å². The Bertz CT molecular complexity index is 760. The van der Waals surface area contributed by atoms with Gasteiger partial charge in [0.05, 0.1) is 0 Å². The smallest absolute Gasteiger partial charge is 0.321 e. The van der Waals surface area contributed by atoms with Gasteiger partial charge in [0.15, 0.2) is 0 Å². The van der Waals surface area contributed by atoms with Crippen LogP contribution in [0.3, 0.4) is 0 Å². The summed E-state index contributed by atoms with van der Waals surface area (Å²) in [6.07, 6.45) is 6.04. The van der Waals surface area contributed by atoms with E-state index in [0.29, 0.717) is 12.0 Å². The Morgan fingerprint density at radius 1 is 1.11 bits per heavy atom. The summed E-state index contributed by atoms with van der Waals surface area (Å²) in [7, 11) is 0. The summed E-state index contributed by atoms with van der Waals surface area (Å²) < 4.78 is 7.95. The Balaban J connectivity index is 1.39. The molecule has 2 aliphatic rings. The molecular formula is C21H28N4O2. The number of rotatable bonds is 3. The van der Waals surface area contributed by atoms with E-state index in [1.54, 1.807) is 0 Å². The maximum absolute atomic E-state index is 12.5. The second-order valence-electron chi connectivity index (χ2n) is 7.53. The Hall–Kier alpha value is -2.34. The molecule has 2 aliphatic heterocycles. The van der Waals surface area contributed by atoms with E-state index in [-0.39, 0.29) is 6.03 Å². The van der Waals surface area contributed by atoms with E-state index in [4.69, 9.17) is 9.72 Å². The number of amides is 2. The molecule has 4 rings (SSSR count). The normalized spacial score (nSPS) is 19.2. The molecule has 2 aromatic rings. The molecule has 0 unspecified atom stereocenters. The summed E-state index contributed by atoms with van der Waals surface area (Å²) in [6.45, 7) is 5.34. The highest BCUT2D eigenvalue weighted by Crippen LogP contribution is 2.32. The number of piperidine rings is 1. The van der Waals surface area contributed by atoms with Crippen molar-refractivity contribution in [2.75, 3.05) is 31.6 Å². The van der Waals surface area contributed by atoms with Crippen molar-refractivity contribution in [2.45, 2.75) is 44.6 Å². The number of carbonyl (C=O) groups excluding carboxylic acids is 1. The van der Waals surface area contributed by atoms with Gasteiger partial charge >= 0.3 is 6.03 Å². The minimum Gasteiger partial charge on any atom is -0.381 e. The number of urea groups is 1. The van der Waals surface area contributed by atoms with E-state index in [9.17, 15) is 4.79 Å². The molecule has 0 saturated carbocycles. The first-order valence-corrected chi connectivity index (χ1v) is 9.95. The zero-order valence-corrected chi connectivity index (χ0v) is 15.9. The molecule has 6 nitrogen and oxygen atoms in total. The number of aryl methyl sites for hydroxylation is 1. The summed E-state index contributed by atoms with van der Waals surface area (Å²) in [5, 5.41) is 2.99. The number of nitrogens with zero attached hydrogens (tertiary/aromatic N) is 3. The van der Waals surface area contributed by atoms with Crippen LogP contribution in [0, 0.1) is 6.92 Å². The molecular weight excluding hydrogens is 340 g/mol. The van der Waals surface area contributed by atoms with E-state index in [2.05, 4.69) is 16.8 Å².